The molecule has 2 saturated heterocycles. The summed E-state index contributed by atoms with van der Waals surface area (Å²) in [6, 6.07) is 15.1. The first-order chi connectivity index (χ1) is 32.4. The third-order valence-corrected chi connectivity index (χ3v) is 15.4. The number of piperidine rings is 1. The quantitative estimate of drug-likeness (QED) is 0.182. The molecule has 3 aromatic carbocycles. The van der Waals surface area contributed by atoms with Gasteiger partial charge in [-0.3, -0.25) is 18.6 Å². The van der Waals surface area contributed by atoms with Gasteiger partial charge in [0, 0.05) is 93.1 Å². The number of rotatable bonds is 8. The van der Waals surface area contributed by atoms with Gasteiger partial charge in [0.25, 0.3) is 5.91 Å². The monoisotopic (exact) mass is 907 g/mol. The number of hydrogen-bond donors (Lipinski definition) is 1. The summed E-state index contributed by atoms with van der Waals surface area (Å²) in [6.45, 7) is 13.2. The number of H-pyrrole nitrogens is 1. The summed E-state index contributed by atoms with van der Waals surface area (Å²) in [7, 11) is 1.73. The van der Waals surface area contributed by atoms with Crippen LogP contribution in [0.1, 0.15) is 89.8 Å². The molecule has 8 heterocycles. The van der Waals surface area contributed by atoms with Crippen molar-refractivity contribution in [1.29, 1.82) is 0 Å². The highest BCUT2D eigenvalue weighted by atomic mass is 19.1. The van der Waals surface area contributed by atoms with Gasteiger partial charge in [-0.2, -0.15) is 10.2 Å². The van der Waals surface area contributed by atoms with Crippen molar-refractivity contribution < 1.29 is 18.3 Å². The van der Waals surface area contributed by atoms with Gasteiger partial charge in [0.15, 0.2) is 11.6 Å². The second kappa shape index (κ2) is 15.1. The highest BCUT2D eigenvalue weighted by Gasteiger charge is 2.73. The Bertz CT molecular complexity index is 3320. The first kappa shape index (κ1) is 41.6. The van der Waals surface area contributed by atoms with E-state index in [1.807, 2.05) is 17.9 Å². The normalized spacial score (nSPS) is 22.1. The number of imidazole rings is 1. The zero-order chi connectivity index (χ0) is 46.2. The predicted molar refractivity (Wildman–Crippen MR) is 245 cm³/mol. The summed E-state index contributed by atoms with van der Waals surface area (Å²) in [5.74, 6) is 0.585. The third-order valence-electron chi connectivity index (χ3n) is 15.4. The van der Waals surface area contributed by atoms with Gasteiger partial charge in [-0.15, -0.1) is 5.10 Å². The number of nitrogens with one attached hydrogen (secondary N) is 1. The fourth-order valence-corrected chi connectivity index (χ4v) is 11.9. The van der Waals surface area contributed by atoms with Crippen LogP contribution < -0.4 is 5.69 Å². The Labute approximate surface area is 383 Å². The molecule has 0 radical (unpaired) electrons. The van der Waals surface area contributed by atoms with Crippen molar-refractivity contribution in [1.82, 2.24) is 63.7 Å². The molecule has 1 unspecified atom stereocenters. The highest BCUT2D eigenvalue weighted by molar-refractivity contribution is 6.00. The van der Waals surface area contributed by atoms with Crippen molar-refractivity contribution in [2.75, 3.05) is 32.8 Å². The van der Waals surface area contributed by atoms with Gasteiger partial charge in [0.2, 0.25) is 0 Å². The van der Waals surface area contributed by atoms with Crippen LogP contribution >= 0.6 is 0 Å². The highest BCUT2D eigenvalue weighted by Crippen LogP contribution is 2.65. The number of aromatic nitrogens is 11. The second-order valence-corrected chi connectivity index (χ2v) is 19.2. The number of fused-ring (bicyclic) bond motifs is 4. The molecule has 4 atom stereocenters. The molecule has 1 N–H and O–H groups in total. The van der Waals surface area contributed by atoms with Gasteiger partial charge in [-0.05, 0) is 123 Å². The molecule has 0 bridgehead atoms. The lowest BCUT2D eigenvalue weighted by atomic mass is 9.91. The van der Waals surface area contributed by atoms with Crippen LogP contribution in [-0.4, -0.2) is 108 Å². The number of carbonyl (C=O) groups excluding carboxylic acids is 1. The van der Waals surface area contributed by atoms with Crippen molar-refractivity contribution in [2.24, 2.45) is 18.9 Å². The summed E-state index contributed by atoms with van der Waals surface area (Å²) in [4.78, 5) is 34.9. The van der Waals surface area contributed by atoms with E-state index < -0.39 is 23.1 Å². The summed E-state index contributed by atoms with van der Waals surface area (Å²) < 4.78 is 45.3. The van der Waals surface area contributed by atoms with Gasteiger partial charge in [-0.1, -0.05) is 6.07 Å². The largest absolute Gasteiger partial charge is 0.381 e. The Hall–Kier alpha value is -6.79. The minimum atomic E-state index is -0.690. The predicted octanol–water partition coefficient (Wildman–Crippen LogP) is 6.43. The lowest BCUT2D eigenvalue weighted by Gasteiger charge is -2.35. The van der Waals surface area contributed by atoms with Crippen molar-refractivity contribution in [2.45, 2.75) is 77.4 Å². The number of amides is 1. The molecule has 18 heteroatoms. The van der Waals surface area contributed by atoms with E-state index in [1.54, 1.807) is 60.7 Å². The van der Waals surface area contributed by atoms with Crippen LogP contribution in [0.25, 0.3) is 39.0 Å². The minimum absolute atomic E-state index is 0.0626. The summed E-state index contributed by atoms with van der Waals surface area (Å²) >= 11 is 0. The molecular weight excluding hydrogens is 857 g/mol. The van der Waals surface area contributed by atoms with Crippen LogP contribution in [0.15, 0.2) is 71.9 Å². The molecule has 5 aromatic heterocycles. The average molecular weight is 908 g/mol. The number of nitrogens with zero attached hydrogens (tertiary/aromatic N) is 12. The number of carbonyl (C=O) groups is 1. The fraction of sp³-hybridized carbons (Fsp3) is 0.408. The first-order valence-corrected chi connectivity index (χ1v) is 23.2. The molecule has 1 amide bonds. The standard InChI is InChI=1S/C49H51F2N13O3/c1-26(2)59-24-35-36(25-59)49(35,47-53-56-57-54-47)63-38-8-7-31(30-12-17-67-18-13-30)21-32(38)22-41(63)46(65)60-14-11-37-42(29(60)5)45(64(55-37)33-19-27(3)43(50)28(4)20-33)62-16-15-61(48(62)66)40-10-9-39-34(44(40)51)23-52-58(39)6/h7-10,15-16,19-23,26,29-30,35-36H,11-14,17-18,24-25H2,1-6H3,(H,53,54,56,57)/t29-,35-,36+,49?/m0/s1. The second-order valence-electron chi connectivity index (χ2n) is 19.2. The van der Waals surface area contributed by atoms with Crippen molar-refractivity contribution in [3.05, 3.63) is 129 Å². The van der Waals surface area contributed by atoms with Gasteiger partial charge < -0.3 is 19.1 Å². The van der Waals surface area contributed by atoms with Crippen LogP contribution in [0.4, 0.5) is 8.78 Å². The lowest BCUT2D eigenvalue weighted by molar-refractivity contribution is 0.0661. The first-order valence-electron chi connectivity index (χ1n) is 23.2. The van der Waals surface area contributed by atoms with E-state index in [-0.39, 0.29) is 34.6 Å². The summed E-state index contributed by atoms with van der Waals surface area (Å²) in [5, 5.41) is 26.4. The summed E-state index contributed by atoms with van der Waals surface area (Å²) in [6.07, 6.45) is 6.81. The Morgan fingerprint density at radius 2 is 1.67 bits per heavy atom. The van der Waals surface area contributed by atoms with E-state index in [0.29, 0.717) is 89.1 Å². The number of ether oxygens (including phenoxy) is 1. The van der Waals surface area contributed by atoms with E-state index in [9.17, 15) is 4.79 Å². The molecule has 4 aliphatic rings. The van der Waals surface area contributed by atoms with Crippen molar-refractivity contribution in [3.63, 3.8) is 0 Å². The van der Waals surface area contributed by atoms with Crippen LogP contribution in [0.5, 0.6) is 0 Å². The minimum Gasteiger partial charge on any atom is -0.381 e. The molecule has 16 nitrogen and oxygen atoms in total. The van der Waals surface area contributed by atoms with Gasteiger partial charge in [0.1, 0.15) is 22.9 Å². The fourth-order valence-electron chi connectivity index (χ4n) is 11.9. The number of hydrogen-bond acceptors (Lipinski definition) is 9. The Morgan fingerprint density at radius 3 is 2.39 bits per heavy atom. The molecule has 344 valence electrons. The van der Waals surface area contributed by atoms with Crippen LogP contribution in [0.2, 0.25) is 0 Å². The zero-order valence-electron chi connectivity index (χ0n) is 38.2. The smallest absolute Gasteiger partial charge is 0.338 e. The molecule has 3 fully saturated rings. The van der Waals surface area contributed by atoms with Gasteiger partial charge in [-0.25, -0.2) is 23.4 Å². The summed E-state index contributed by atoms with van der Waals surface area (Å²) in [5.41, 5.74) is 4.85. The van der Waals surface area contributed by atoms with E-state index >= 15 is 13.6 Å². The molecule has 1 aliphatic carbocycles. The number of benzene rings is 3. The Balaban J connectivity index is 1.01. The molecule has 67 heavy (non-hydrogen) atoms. The molecule has 0 spiro atoms. The Kier molecular flexibility index (Phi) is 9.39. The van der Waals surface area contributed by atoms with Crippen LogP contribution in [0, 0.1) is 37.3 Å². The third kappa shape index (κ3) is 6.03. The molecule has 1 saturated carbocycles. The SMILES string of the molecule is Cc1cc(-n2nc3c(c2-n2ccn(-c4ccc5c(cnn5C)c4F)c2=O)[C@H](C)N(C(=O)c2cc4cc(C5CCOCC5)ccc4n2C2(c4nnn[nH]4)[C@@H]4CN(C(C)C)C[C@@H]42)CC3)cc(C)c1F. The Morgan fingerprint density at radius 1 is 0.940 bits per heavy atom. The van der Waals surface area contributed by atoms with E-state index in [2.05, 4.69) is 67.2 Å². The van der Waals surface area contributed by atoms with E-state index in [1.165, 1.54) is 27.1 Å². The molecule has 12 rings (SSSR count). The maximum absolute atomic E-state index is 16.2. The number of likely N-dealkylation sites (tertiary alicyclic amines) is 1. The number of aromatic amines is 1. The van der Waals surface area contributed by atoms with E-state index in [4.69, 9.17) is 9.84 Å². The van der Waals surface area contributed by atoms with Gasteiger partial charge >= 0.3 is 5.69 Å². The van der Waals surface area contributed by atoms with Crippen LogP contribution in [0.3, 0.4) is 0 Å². The maximum Gasteiger partial charge on any atom is 0.338 e. The van der Waals surface area contributed by atoms with E-state index in [0.717, 1.165) is 36.8 Å². The number of aryl methyl sites for hydroxylation is 3. The molecule has 8 aromatic rings. The maximum atomic E-state index is 16.2. The average Bonchev–Trinajstić information content (AvgIpc) is 4.13. The zero-order valence-corrected chi connectivity index (χ0v) is 38.2. The van der Waals surface area contributed by atoms with Crippen molar-refractivity contribution in [3.8, 4) is 17.2 Å². The van der Waals surface area contributed by atoms with Crippen LogP contribution in [-0.2, 0) is 23.7 Å². The lowest BCUT2D eigenvalue weighted by Crippen LogP contribution is -2.43. The topological polar surface area (TPSA) is 155 Å². The molecule has 3 aliphatic heterocycles. The number of halogens is 2. The molecular formula is C49H51F2N13O3. The number of tetrazole rings is 1. The van der Waals surface area contributed by atoms with Crippen molar-refractivity contribution >= 4 is 27.7 Å². The van der Waals surface area contributed by atoms with Gasteiger partial charge in [0.05, 0.1) is 40.2 Å².